The summed E-state index contributed by atoms with van der Waals surface area (Å²) in [7, 11) is 0. The largest absolute Gasteiger partial charge is 0.493 e. The second-order valence-electron chi connectivity index (χ2n) is 2.32. The summed E-state index contributed by atoms with van der Waals surface area (Å²) in [6.45, 7) is 2.13. The van der Waals surface area contributed by atoms with Crippen molar-refractivity contribution < 1.29 is 5.11 Å². The maximum atomic E-state index is 8.83. The summed E-state index contributed by atoms with van der Waals surface area (Å²) in [5.74, 6) is 1.03. The summed E-state index contributed by atoms with van der Waals surface area (Å²) in [5.41, 5.74) is 0. The van der Waals surface area contributed by atoms with Gasteiger partial charge in [0.15, 0.2) is 0 Å². The molecule has 0 atom stereocenters. The Bertz CT molecular complexity index is 195. The van der Waals surface area contributed by atoms with Gasteiger partial charge in [-0.25, -0.2) is 4.98 Å². The molecule has 0 aliphatic carbocycles. The molecule has 0 aliphatic heterocycles. The summed E-state index contributed by atoms with van der Waals surface area (Å²) in [5, 5.41) is 8.83. The monoisotopic (exact) mass is 140 g/mol. The van der Waals surface area contributed by atoms with Gasteiger partial charge in [-0.1, -0.05) is 13.3 Å². The molecule has 0 bridgehead atoms. The van der Waals surface area contributed by atoms with Crippen molar-refractivity contribution in [3.05, 3.63) is 12.0 Å². The molecule has 0 saturated heterocycles. The Kier molecular flexibility index (Phi) is 2.31. The predicted octanol–water partition coefficient (Wildman–Crippen LogP) is 1.46. The molecule has 0 spiro atoms. The predicted molar refractivity (Wildman–Crippen MR) is 38.9 cm³/mol. The van der Waals surface area contributed by atoms with Crippen LogP contribution < -0.4 is 0 Å². The van der Waals surface area contributed by atoms with E-state index in [0.717, 1.165) is 25.1 Å². The van der Waals surface area contributed by atoms with Gasteiger partial charge < -0.3 is 10.1 Å². The summed E-state index contributed by atoms with van der Waals surface area (Å²) in [6.07, 6.45) is 4.64. The van der Waals surface area contributed by atoms with Crippen molar-refractivity contribution in [2.24, 2.45) is 0 Å². The lowest BCUT2D eigenvalue weighted by Crippen LogP contribution is -1.85. The fraction of sp³-hybridized carbons (Fsp3) is 0.571. The average Bonchev–Trinajstić information content (AvgIpc) is 2.31. The molecule has 1 rings (SSSR count). The van der Waals surface area contributed by atoms with Crippen molar-refractivity contribution in [2.45, 2.75) is 26.2 Å². The van der Waals surface area contributed by atoms with Gasteiger partial charge in [0.1, 0.15) is 5.82 Å². The smallest absolute Gasteiger partial charge is 0.208 e. The van der Waals surface area contributed by atoms with Crippen LogP contribution in [-0.4, -0.2) is 15.1 Å². The molecule has 0 saturated carbocycles. The minimum absolute atomic E-state index is 0.158. The zero-order chi connectivity index (χ0) is 7.40. The first-order valence-electron chi connectivity index (χ1n) is 3.55. The van der Waals surface area contributed by atoms with Gasteiger partial charge in [0.05, 0.1) is 6.20 Å². The fourth-order valence-electron chi connectivity index (χ4n) is 0.823. The number of rotatable bonds is 3. The summed E-state index contributed by atoms with van der Waals surface area (Å²) >= 11 is 0. The van der Waals surface area contributed by atoms with Gasteiger partial charge >= 0.3 is 0 Å². The number of aromatic amines is 1. The minimum Gasteiger partial charge on any atom is -0.493 e. The van der Waals surface area contributed by atoms with Crippen molar-refractivity contribution in [1.29, 1.82) is 0 Å². The van der Waals surface area contributed by atoms with E-state index in [1.807, 2.05) is 0 Å². The average molecular weight is 140 g/mol. The van der Waals surface area contributed by atoms with E-state index in [4.69, 9.17) is 5.11 Å². The fourth-order valence-corrected chi connectivity index (χ4v) is 0.823. The van der Waals surface area contributed by atoms with Crippen LogP contribution in [-0.2, 0) is 6.42 Å². The number of hydrogen-bond donors (Lipinski definition) is 2. The maximum absolute atomic E-state index is 8.83. The molecule has 0 amide bonds. The van der Waals surface area contributed by atoms with Gasteiger partial charge in [0, 0.05) is 6.42 Å². The Balaban J connectivity index is 2.42. The first kappa shape index (κ1) is 7.12. The molecule has 10 heavy (non-hydrogen) atoms. The van der Waals surface area contributed by atoms with E-state index in [9.17, 15) is 0 Å². The number of hydrogen-bond acceptors (Lipinski definition) is 2. The number of aromatic nitrogens is 2. The molecular formula is C7H12N2O. The number of aryl methyl sites for hydroxylation is 1. The summed E-state index contributed by atoms with van der Waals surface area (Å²) in [6, 6.07) is 0. The topological polar surface area (TPSA) is 48.9 Å². The minimum atomic E-state index is 0.158. The van der Waals surface area contributed by atoms with E-state index < -0.39 is 0 Å². The Morgan fingerprint density at radius 2 is 2.50 bits per heavy atom. The van der Waals surface area contributed by atoms with Crippen LogP contribution in [0.3, 0.4) is 0 Å². The van der Waals surface area contributed by atoms with Crippen LogP contribution in [0.25, 0.3) is 0 Å². The lowest BCUT2D eigenvalue weighted by atomic mass is 10.2. The molecule has 2 N–H and O–H groups in total. The molecule has 1 aromatic heterocycles. The maximum Gasteiger partial charge on any atom is 0.208 e. The van der Waals surface area contributed by atoms with E-state index in [2.05, 4.69) is 16.9 Å². The molecule has 1 heterocycles. The highest BCUT2D eigenvalue weighted by Gasteiger charge is 1.95. The number of imidazole rings is 1. The van der Waals surface area contributed by atoms with Crippen molar-refractivity contribution in [2.75, 3.05) is 0 Å². The van der Waals surface area contributed by atoms with Crippen LogP contribution in [0, 0.1) is 0 Å². The molecule has 0 aliphatic rings. The third-order valence-corrected chi connectivity index (χ3v) is 1.38. The number of H-pyrrole nitrogens is 1. The SMILES string of the molecule is CCCCc1ncc(O)[nH]1. The zero-order valence-corrected chi connectivity index (χ0v) is 6.09. The van der Waals surface area contributed by atoms with Crippen LogP contribution >= 0.6 is 0 Å². The number of unbranched alkanes of at least 4 members (excludes halogenated alkanes) is 1. The molecule has 3 heteroatoms. The van der Waals surface area contributed by atoms with Crippen molar-refractivity contribution in [3.8, 4) is 5.88 Å². The first-order valence-corrected chi connectivity index (χ1v) is 3.55. The van der Waals surface area contributed by atoms with Crippen LogP contribution in [0.5, 0.6) is 5.88 Å². The lowest BCUT2D eigenvalue weighted by Gasteiger charge is -1.90. The summed E-state index contributed by atoms with van der Waals surface area (Å²) in [4.78, 5) is 6.70. The quantitative estimate of drug-likeness (QED) is 0.667. The van der Waals surface area contributed by atoms with Crippen LogP contribution in [0.2, 0.25) is 0 Å². The van der Waals surface area contributed by atoms with Gasteiger partial charge in [-0.05, 0) is 6.42 Å². The highest BCUT2D eigenvalue weighted by atomic mass is 16.3. The van der Waals surface area contributed by atoms with E-state index in [1.165, 1.54) is 6.20 Å². The Morgan fingerprint density at radius 1 is 1.70 bits per heavy atom. The number of nitrogens with one attached hydrogen (secondary N) is 1. The van der Waals surface area contributed by atoms with Crippen molar-refractivity contribution in [1.82, 2.24) is 9.97 Å². The van der Waals surface area contributed by atoms with E-state index in [1.54, 1.807) is 0 Å². The highest BCUT2D eigenvalue weighted by Crippen LogP contribution is 2.05. The molecule has 3 nitrogen and oxygen atoms in total. The molecular weight excluding hydrogens is 128 g/mol. The molecule has 0 unspecified atom stereocenters. The second-order valence-corrected chi connectivity index (χ2v) is 2.32. The highest BCUT2D eigenvalue weighted by molar-refractivity contribution is 5.04. The van der Waals surface area contributed by atoms with E-state index >= 15 is 0 Å². The van der Waals surface area contributed by atoms with Crippen LogP contribution in [0.1, 0.15) is 25.6 Å². The second kappa shape index (κ2) is 3.25. The summed E-state index contributed by atoms with van der Waals surface area (Å²) < 4.78 is 0. The molecule has 0 fully saturated rings. The van der Waals surface area contributed by atoms with Crippen LogP contribution in [0.15, 0.2) is 6.20 Å². The van der Waals surface area contributed by atoms with E-state index in [0.29, 0.717) is 0 Å². The Hall–Kier alpha value is -0.990. The third kappa shape index (κ3) is 1.76. The molecule has 0 radical (unpaired) electrons. The number of nitrogens with zero attached hydrogens (tertiary/aromatic N) is 1. The van der Waals surface area contributed by atoms with Gasteiger partial charge in [0.25, 0.3) is 0 Å². The first-order chi connectivity index (χ1) is 4.83. The third-order valence-electron chi connectivity index (χ3n) is 1.38. The Labute approximate surface area is 60.1 Å². The molecule has 56 valence electrons. The lowest BCUT2D eigenvalue weighted by molar-refractivity contribution is 0.455. The van der Waals surface area contributed by atoms with Crippen molar-refractivity contribution >= 4 is 0 Å². The van der Waals surface area contributed by atoms with Gasteiger partial charge in [-0.15, -0.1) is 0 Å². The normalized spacial score (nSPS) is 10.1. The number of aromatic hydroxyl groups is 1. The van der Waals surface area contributed by atoms with Crippen molar-refractivity contribution in [3.63, 3.8) is 0 Å². The molecule has 0 aromatic carbocycles. The van der Waals surface area contributed by atoms with E-state index in [-0.39, 0.29) is 5.88 Å². The Morgan fingerprint density at radius 3 is 3.00 bits per heavy atom. The zero-order valence-electron chi connectivity index (χ0n) is 6.09. The molecule has 1 aromatic rings. The van der Waals surface area contributed by atoms with Gasteiger partial charge in [-0.3, -0.25) is 0 Å². The van der Waals surface area contributed by atoms with Gasteiger partial charge in [0.2, 0.25) is 5.88 Å². The van der Waals surface area contributed by atoms with Gasteiger partial charge in [-0.2, -0.15) is 0 Å². The standard InChI is InChI=1S/C7H12N2O/c1-2-3-4-6-8-5-7(10)9-6/h5,10H,2-4H2,1H3,(H,8,9). The van der Waals surface area contributed by atoms with Crippen LogP contribution in [0.4, 0.5) is 0 Å².